The summed E-state index contributed by atoms with van der Waals surface area (Å²) in [6.45, 7) is 3.42. The van der Waals surface area contributed by atoms with Gasteiger partial charge >= 0.3 is 0 Å². The number of anilines is 1. The standard InChI is InChI=1S/C14H14FNO2S/c1-10-7-12(15)9-13(8-10)16-19(17,18)14-6-4-3-5-11(14)2/h3-9,16H,1-2H3. The molecular weight excluding hydrogens is 265 g/mol. The number of sulfonamides is 1. The van der Waals surface area contributed by atoms with Crippen LogP contribution in [-0.4, -0.2) is 8.42 Å². The first-order chi connectivity index (χ1) is 8.88. The lowest BCUT2D eigenvalue weighted by atomic mass is 10.2. The van der Waals surface area contributed by atoms with E-state index < -0.39 is 15.8 Å². The lowest BCUT2D eigenvalue weighted by Crippen LogP contribution is -2.14. The van der Waals surface area contributed by atoms with E-state index in [-0.39, 0.29) is 10.6 Å². The Bertz CT molecular complexity index is 691. The van der Waals surface area contributed by atoms with E-state index in [0.29, 0.717) is 11.1 Å². The number of halogens is 1. The molecule has 0 amide bonds. The van der Waals surface area contributed by atoms with Gasteiger partial charge in [-0.1, -0.05) is 18.2 Å². The Morgan fingerprint density at radius 1 is 1.05 bits per heavy atom. The highest BCUT2D eigenvalue weighted by atomic mass is 32.2. The van der Waals surface area contributed by atoms with E-state index in [1.165, 1.54) is 12.1 Å². The van der Waals surface area contributed by atoms with Crippen molar-refractivity contribution in [2.75, 3.05) is 4.72 Å². The van der Waals surface area contributed by atoms with Gasteiger partial charge in [0.05, 0.1) is 10.6 Å². The van der Waals surface area contributed by atoms with Gasteiger partial charge in [0.2, 0.25) is 0 Å². The fourth-order valence-corrected chi connectivity index (χ4v) is 3.15. The molecule has 2 rings (SSSR count). The van der Waals surface area contributed by atoms with E-state index in [4.69, 9.17) is 0 Å². The molecule has 3 nitrogen and oxygen atoms in total. The average Bonchev–Trinajstić information content (AvgIpc) is 2.26. The molecule has 2 aromatic rings. The van der Waals surface area contributed by atoms with E-state index in [0.717, 1.165) is 6.07 Å². The minimum atomic E-state index is -3.69. The highest BCUT2D eigenvalue weighted by molar-refractivity contribution is 7.92. The summed E-state index contributed by atoms with van der Waals surface area (Å²) in [5, 5.41) is 0. The van der Waals surface area contributed by atoms with Gasteiger partial charge in [0.25, 0.3) is 10.0 Å². The van der Waals surface area contributed by atoms with Crippen LogP contribution >= 0.6 is 0 Å². The summed E-state index contributed by atoms with van der Waals surface area (Å²) in [5.41, 5.74) is 1.52. The fourth-order valence-electron chi connectivity index (χ4n) is 1.86. The van der Waals surface area contributed by atoms with Gasteiger partial charge in [-0.2, -0.15) is 0 Å². The first kappa shape index (κ1) is 13.5. The maximum Gasteiger partial charge on any atom is 0.262 e. The van der Waals surface area contributed by atoms with Crippen LogP contribution in [0.2, 0.25) is 0 Å². The minimum absolute atomic E-state index is 0.192. The molecule has 0 unspecified atom stereocenters. The second kappa shape index (κ2) is 5.01. The molecule has 0 aliphatic rings. The van der Waals surface area contributed by atoms with Crippen molar-refractivity contribution in [3.8, 4) is 0 Å². The molecule has 0 heterocycles. The summed E-state index contributed by atoms with van der Waals surface area (Å²) in [6, 6.07) is 10.7. The van der Waals surface area contributed by atoms with Crippen molar-refractivity contribution >= 4 is 15.7 Å². The Kier molecular flexibility index (Phi) is 3.57. The fraction of sp³-hybridized carbons (Fsp3) is 0.143. The Morgan fingerprint density at radius 3 is 2.37 bits per heavy atom. The zero-order valence-electron chi connectivity index (χ0n) is 10.6. The molecule has 0 spiro atoms. The highest BCUT2D eigenvalue weighted by Crippen LogP contribution is 2.20. The Labute approximate surface area is 112 Å². The van der Waals surface area contributed by atoms with Crippen molar-refractivity contribution < 1.29 is 12.8 Å². The predicted molar refractivity (Wildman–Crippen MR) is 73.1 cm³/mol. The molecule has 0 fully saturated rings. The first-order valence-electron chi connectivity index (χ1n) is 5.74. The zero-order chi connectivity index (χ0) is 14.0. The Hall–Kier alpha value is -1.88. The number of hydrogen-bond acceptors (Lipinski definition) is 2. The SMILES string of the molecule is Cc1cc(F)cc(NS(=O)(=O)c2ccccc2C)c1. The van der Waals surface area contributed by atoms with E-state index >= 15 is 0 Å². The zero-order valence-corrected chi connectivity index (χ0v) is 11.5. The third kappa shape index (κ3) is 3.12. The van der Waals surface area contributed by atoms with Crippen LogP contribution in [0, 0.1) is 19.7 Å². The summed E-state index contributed by atoms with van der Waals surface area (Å²) < 4.78 is 40.1. The van der Waals surface area contributed by atoms with E-state index in [1.54, 1.807) is 38.1 Å². The molecule has 5 heteroatoms. The number of aryl methyl sites for hydroxylation is 2. The van der Waals surface area contributed by atoms with Gasteiger partial charge in [-0.15, -0.1) is 0 Å². The summed E-state index contributed by atoms with van der Waals surface area (Å²) in [7, 11) is -3.69. The van der Waals surface area contributed by atoms with Crippen molar-refractivity contribution in [3.05, 3.63) is 59.4 Å². The topological polar surface area (TPSA) is 46.2 Å². The van der Waals surface area contributed by atoms with Crippen LogP contribution in [0.15, 0.2) is 47.4 Å². The van der Waals surface area contributed by atoms with Gasteiger partial charge in [0.15, 0.2) is 0 Å². The lowest BCUT2D eigenvalue weighted by Gasteiger charge is -2.10. The van der Waals surface area contributed by atoms with Gasteiger partial charge in [-0.05, 0) is 49.2 Å². The van der Waals surface area contributed by atoms with Crippen LogP contribution in [0.1, 0.15) is 11.1 Å². The summed E-state index contributed by atoms with van der Waals surface area (Å²) in [4.78, 5) is 0.192. The maximum absolute atomic E-state index is 13.3. The van der Waals surface area contributed by atoms with Crippen molar-refractivity contribution in [1.29, 1.82) is 0 Å². The largest absolute Gasteiger partial charge is 0.280 e. The summed E-state index contributed by atoms with van der Waals surface area (Å²) in [6.07, 6.45) is 0. The predicted octanol–water partition coefficient (Wildman–Crippen LogP) is 3.24. The molecular formula is C14H14FNO2S. The van der Waals surface area contributed by atoms with E-state index in [2.05, 4.69) is 4.72 Å². The molecule has 100 valence electrons. The quantitative estimate of drug-likeness (QED) is 0.937. The number of nitrogens with one attached hydrogen (secondary N) is 1. The molecule has 2 aromatic carbocycles. The summed E-state index contributed by atoms with van der Waals surface area (Å²) >= 11 is 0. The van der Waals surface area contributed by atoms with Crippen LogP contribution < -0.4 is 4.72 Å². The molecule has 0 saturated carbocycles. The molecule has 0 bridgehead atoms. The van der Waals surface area contributed by atoms with Crippen molar-refractivity contribution in [2.24, 2.45) is 0 Å². The number of rotatable bonds is 3. The third-order valence-electron chi connectivity index (χ3n) is 2.68. The first-order valence-corrected chi connectivity index (χ1v) is 7.22. The van der Waals surface area contributed by atoms with Gasteiger partial charge < -0.3 is 0 Å². The van der Waals surface area contributed by atoms with Gasteiger partial charge in [0, 0.05) is 0 Å². The summed E-state index contributed by atoms with van der Waals surface area (Å²) in [5.74, 6) is -0.470. The molecule has 0 aliphatic heterocycles. The second-order valence-corrected chi connectivity index (χ2v) is 6.04. The molecule has 19 heavy (non-hydrogen) atoms. The minimum Gasteiger partial charge on any atom is -0.280 e. The molecule has 0 saturated heterocycles. The van der Waals surface area contributed by atoms with Crippen LogP contribution in [0.5, 0.6) is 0 Å². The van der Waals surface area contributed by atoms with E-state index in [9.17, 15) is 12.8 Å². The van der Waals surface area contributed by atoms with Gasteiger partial charge in [-0.25, -0.2) is 12.8 Å². The number of hydrogen-bond donors (Lipinski definition) is 1. The van der Waals surface area contributed by atoms with Crippen molar-refractivity contribution in [2.45, 2.75) is 18.7 Å². The maximum atomic E-state index is 13.3. The van der Waals surface area contributed by atoms with E-state index in [1.807, 2.05) is 0 Å². The van der Waals surface area contributed by atoms with Crippen LogP contribution in [0.4, 0.5) is 10.1 Å². The van der Waals surface area contributed by atoms with Crippen LogP contribution in [-0.2, 0) is 10.0 Å². The average molecular weight is 279 g/mol. The molecule has 1 N–H and O–H groups in total. The number of benzene rings is 2. The molecule has 0 atom stereocenters. The van der Waals surface area contributed by atoms with Crippen LogP contribution in [0.3, 0.4) is 0 Å². The normalized spacial score (nSPS) is 11.3. The van der Waals surface area contributed by atoms with Crippen LogP contribution in [0.25, 0.3) is 0 Å². The van der Waals surface area contributed by atoms with Gasteiger partial charge in [-0.3, -0.25) is 4.72 Å². The highest BCUT2D eigenvalue weighted by Gasteiger charge is 2.16. The monoisotopic (exact) mass is 279 g/mol. The van der Waals surface area contributed by atoms with Crippen molar-refractivity contribution in [3.63, 3.8) is 0 Å². The Balaban J connectivity index is 2.39. The van der Waals surface area contributed by atoms with Crippen molar-refractivity contribution in [1.82, 2.24) is 0 Å². The molecule has 0 aromatic heterocycles. The smallest absolute Gasteiger partial charge is 0.262 e. The lowest BCUT2D eigenvalue weighted by molar-refractivity contribution is 0.600. The third-order valence-corrected chi connectivity index (χ3v) is 4.22. The Morgan fingerprint density at radius 2 is 1.74 bits per heavy atom. The second-order valence-electron chi connectivity index (χ2n) is 4.39. The molecule has 0 radical (unpaired) electrons. The van der Waals surface area contributed by atoms with Gasteiger partial charge in [0.1, 0.15) is 5.82 Å². The molecule has 0 aliphatic carbocycles.